The zero-order valence-electron chi connectivity index (χ0n) is 15.5. The van der Waals surface area contributed by atoms with E-state index in [-0.39, 0.29) is 17.6 Å². The molecule has 26 heavy (non-hydrogen) atoms. The molecule has 1 aromatic heterocycles. The first-order chi connectivity index (χ1) is 12.6. The van der Waals surface area contributed by atoms with Crippen LogP contribution in [0.1, 0.15) is 49.4 Å². The summed E-state index contributed by atoms with van der Waals surface area (Å²) in [7, 11) is 2.17. The Balaban J connectivity index is 1.63. The fourth-order valence-corrected chi connectivity index (χ4v) is 4.63. The molecule has 0 saturated carbocycles. The van der Waals surface area contributed by atoms with E-state index >= 15 is 0 Å². The van der Waals surface area contributed by atoms with Crippen LogP contribution in [0.2, 0.25) is 0 Å². The maximum Gasteiger partial charge on any atom is 0.339 e. The molecule has 3 heterocycles. The number of nitrogens with zero attached hydrogens (tertiary/aromatic N) is 2. The van der Waals surface area contributed by atoms with Gasteiger partial charge in [0.25, 0.3) is 5.56 Å². The standard InChI is InChI=1S/C21H26N2O3/c1-3-10-23-19-7-5-4-6-17(19)18(13-20(23)24)21(25)26-16-11-14-8-9-15(12-16)22(14)2/h4-7,13-16H,3,8-12H2,1-2H3/t14-,15+,16?. The van der Waals surface area contributed by atoms with Gasteiger partial charge in [0, 0.05) is 42.9 Å². The molecule has 0 N–H and O–H groups in total. The summed E-state index contributed by atoms with van der Waals surface area (Å²) in [5.74, 6) is -0.365. The third-order valence-electron chi connectivity index (χ3n) is 6.01. The Labute approximate surface area is 153 Å². The largest absolute Gasteiger partial charge is 0.459 e. The van der Waals surface area contributed by atoms with Gasteiger partial charge in [0.1, 0.15) is 6.10 Å². The lowest BCUT2D eigenvalue weighted by atomic mass is 10.0. The van der Waals surface area contributed by atoms with Crippen LogP contribution in [0.3, 0.4) is 0 Å². The Morgan fingerprint density at radius 3 is 2.58 bits per heavy atom. The van der Waals surface area contributed by atoms with Crippen LogP contribution in [0.5, 0.6) is 0 Å². The molecule has 2 saturated heterocycles. The molecule has 0 amide bonds. The van der Waals surface area contributed by atoms with Crippen LogP contribution >= 0.6 is 0 Å². The number of carbonyl (C=O) groups is 1. The van der Waals surface area contributed by atoms with E-state index < -0.39 is 0 Å². The molecule has 1 unspecified atom stereocenters. The van der Waals surface area contributed by atoms with Crippen molar-refractivity contribution in [3.63, 3.8) is 0 Å². The first-order valence-corrected chi connectivity index (χ1v) is 9.64. The Morgan fingerprint density at radius 1 is 1.19 bits per heavy atom. The van der Waals surface area contributed by atoms with Crippen molar-refractivity contribution in [2.45, 2.75) is 63.8 Å². The highest BCUT2D eigenvalue weighted by Gasteiger charge is 2.40. The molecule has 5 nitrogen and oxygen atoms in total. The summed E-state index contributed by atoms with van der Waals surface area (Å²) in [4.78, 5) is 27.8. The molecule has 3 atom stereocenters. The summed E-state index contributed by atoms with van der Waals surface area (Å²) in [5.41, 5.74) is 1.06. The summed E-state index contributed by atoms with van der Waals surface area (Å²) in [6, 6.07) is 10.1. The van der Waals surface area contributed by atoms with Crippen LogP contribution in [-0.2, 0) is 11.3 Å². The maximum absolute atomic E-state index is 12.9. The predicted octanol–water partition coefficient (Wildman–Crippen LogP) is 3.19. The minimum absolute atomic E-state index is 0.0481. The quantitative estimate of drug-likeness (QED) is 0.791. The average Bonchev–Trinajstić information content (AvgIpc) is 2.84. The van der Waals surface area contributed by atoms with Gasteiger partial charge in [-0.15, -0.1) is 0 Å². The second kappa shape index (κ2) is 6.88. The van der Waals surface area contributed by atoms with E-state index in [2.05, 4.69) is 11.9 Å². The van der Waals surface area contributed by atoms with Gasteiger partial charge in [-0.2, -0.15) is 0 Å². The average molecular weight is 354 g/mol. The van der Waals surface area contributed by atoms with Gasteiger partial charge >= 0.3 is 5.97 Å². The zero-order chi connectivity index (χ0) is 18.3. The number of hydrogen-bond acceptors (Lipinski definition) is 4. The number of carbonyl (C=O) groups excluding carboxylic acids is 1. The smallest absolute Gasteiger partial charge is 0.339 e. The molecule has 2 aliphatic rings. The molecule has 0 radical (unpaired) electrons. The summed E-state index contributed by atoms with van der Waals surface area (Å²) in [6.45, 7) is 2.69. The van der Waals surface area contributed by atoms with E-state index in [9.17, 15) is 9.59 Å². The number of esters is 1. The summed E-state index contributed by atoms with van der Waals surface area (Å²) in [6.07, 6.45) is 4.98. The van der Waals surface area contributed by atoms with Crippen LogP contribution < -0.4 is 5.56 Å². The molecule has 138 valence electrons. The lowest BCUT2D eigenvalue weighted by Gasteiger charge is -2.35. The SMILES string of the molecule is CCCn1c(=O)cc(C(=O)OC2C[C@H]3CC[C@@H](C2)N3C)c2ccccc21. The number of benzene rings is 1. The van der Waals surface area contributed by atoms with E-state index in [4.69, 9.17) is 4.74 Å². The highest BCUT2D eigenvalue weighted by atomic mass is 16.5. The van der Waals surface area contributed by atoms with Crippen molar-refractivity contribution in [3.8, 4) is 0 Å². The number of piperidine rings is 1. The number of hydrogen-bond donors (Lipinski definition) is 0. The lowest BCUT2D eigenvalue weighted by Crippen LogP contribution is -2.43. The number of aromatic nitrogens is 1. The molecule has 2 bridgehead atoms. The number of pyridine rings is 1. The number of aryl methyl sites for hydroxylation is 1. The first-order valence-electron chi connectivity index (χ1n) is 9.64. The van der Waals surface area contributed by atoms with Crippen LogP contribution in [-0.4, -0.2) is 40.7 Å². The van der Waals surface area contributed by atoms with Gasteiger partial charge < -0.3 is 14.2 Å². The van der Waals surface area contributed by atoms with Crippen molar-refractivity contribution in [3.05, 3.63) is 46.2 Å². The number of para-hydroxylation sites is 1. The molecule has 0 spiro atoms. The number of rotatable bonds is 4. The molecule has 5 heteroatoms. The summed E-state index contributed by atoms with van der Waals surface area (Å²) >= 11 is 0. The lowest BCUT2D eigenvalue weighted by molar-refractivity contribution is -0.000287. The number of fused-ring (bicyclic) bond motifs is 3. The third-order valence-corrected chi connectivity index (χ3v) is 6.01. The summed E-state index contributed by atoms with van der Waals surface area (Å²) in [5, 5.41) is 0.793. The first kappa shape index (κ1) is 17.3. The molecular formula is C21H26N2O3. The van der Waals surface area contributed by atoms with Gasteiger partial charge in [0.15, 0.2) is 0 Å². The fourth-order valence-electron chi connectivity index (χ4n) is 4.63. The number of ether oxygens (including phenoxy) is 1. The van der Waals surface area contributed by atoms with Crippen LogP contribution in [0, 0.1) is 0 Å². The Morgan fingerprint density at radius 2 is 1.88 bits per heavy atom. The van der Waals surface area contributed by atoms with E-state index in [0.29, 0.717) is 24.2 Å². The van der Waals surface area contributed by atoms with Gasteiger partial charge in [-0.1, -0.05) is 25.1 Å². The minimum Gasteiger partial charge on any atom is -0.459 e. The van der Waals surface area contributed by atoms with Gasteiger partial charge in [-0.25, -0.2) is 4.79 Å². The highest BCUT2D eigenvalue weighted by molar-refractivity contribution is 6.03. The molecule has 4 rings (SSSR count). The molecule has 0 aliphatic carbocycles. The van der Waals surface area contributed by atoms with Gasteiger partial charge in [0.05, 0.1) is 11.1 Å². The second-order valence-electron chi connectivity index (χ2n) is 7.61. The van der Waals surface area contributed by atoms with Gasteiger partial charge in [-0.3, -0.25) is 4.79 Å². The molecule has 1 aromatic carbocycles. The van der Waals surface area contributed by atoms with Crippen molar-refractivity contribution in [1.29, 1.82) is 0 Å². The second-order valence-corrected chi connectivity index (χ2v) is 7.61. The third kappa shape index (κ3) is 2.94. The topological polar surface area (TPSA) is 51.5 Å². The van der Waals surface area contributed by atoms with E-state index in [1.807, 2.05) is 31.2 Å². The van der Waals surface area contributed by atoms with Crippen LogP contribution in [0.4, 0.5) is 0 Å². The maximum atomic E-state index is 12.9. The van der Waals surface area contributed by atoms with Crippen LogP contribution in [0.15, 0.2) is 35.1 Å². The highest BCUT2D eigenvalue weighted by Crippen LogP contribution is 2.35. The minimum atomic E-state index is -0.365. The molecule has 2 aromatic rings. The van der Waals surface area contributed by atoms with E-state index in [1.54, 1.807) is 4.57 Å². The van der Waals surface area contributed by atoms with Crippen LogP contribution in [0.25, 0.3) is 10.9 Å². The van der Waals surface area contributed by atoms with Crippen molar-refractivity contribution in [2.24, 2.45) is 0 Å². The fraction of sp³-hybridized carbons (Fsp3) is 0.524. The monoisotopic (exact) mass is 354 g/mol. The van der Waals surface area contributed by atoms with Gasteiger partial charge in [-0.05, 0) is 32.4 Å². The van der Waals surface area contributed by atoms with Crippen molar-refractivity contribution < 1.29 is 9.53 Å². The van der Waals surface area contributed by atoms with Crippen molar-refractivity contribution in [2.75, 3.05) is 7.05 Å². The Hall–Kier alpha value is -2.14. The van der Waals surface area contributed by atoms with E-state index in [1.165, 1.54) is 18.9 Å². The zero-order valence-corrected chi connectivity index (χ0v) is 15.5. The Kier molecular flexibility index (Phi) is 4.57. The normalized spacial score (nSPS) is 25.5. The van der Waals surface area contributed by atoms with Crippen molar-refractivity contribution in [1.82, 2.24) is 9.47 Å². The molecule has 2 aliphatic heterocycles. The van der Waals surface area contributed by atoms with E-state index in [0.717, 1.165) is 30.2 Å². The predicted molar refractivity (Wildman–Crippen MR) is 102 cm³/mol. The van der Waals surface area contributed by atoms with Gasteiger partial charge in [0.2, 0.25) is 0 Å². The molecule has 2 fully saturated rings. The Bertz CT molecular complexity index is 874. The summed E-state index contributed by atoms with van der Waals surface area (Å²) < 4.78 is 7.59. The van der Waals surface area contributed by atoms with Crippen molar-refractivity contribution >= 4 is 16.9 Å². The molecular weight excluding hydrogens is 328 g/mol.